The molecule has 1 aromatic carbocycles. The predicted molar refractivity (Wildman–Crippen MR) is 67.5 cm³/mol. The Bertz CT molecular complexity index is 230. The van der Waals surface area contributed by atoms with Gasteiger partial charge in [-0.2, -0.15) is 0 Å². The Balaban J connectivity index is 0.000000342. The molecule has 84 valence electrons. The summed E-state index contributed by atoms with van der Waals surface area (Å²) in [5.41, 5.74) is 1.36. The molecule has 0 bridgehead atoms. The van der Waals surface area contributed by atoms with Crippen LogP contribution in [0.1, 0.15) is 32.3 Å². The molecule has 1 aliphatic rings. The van der Waals surface area contributed by atoms with Gasteiger partial charge >= 0.3 is 0 Å². The van der Waals surface area contributed by atoms with Crippen LogP contribution in [0.5, 0.6) is 5.75 Å². The van der Waals surface area contributed by atoms with Crippen LogP contribution >= 0.6 is 0 Å². The van der Waals surface area contributed by atoms with E-state index in [0.717, 1.165) is 18.8 Å². The zero-order valence-electron chi connectivity index (χ0n) is 9.96. The van der Waals surface area contributed by atoms with E-state index in [9.17, 15) is 0 Å². The first-order chi connectivity index (χ1) is 7.38. The topological polar surface area (TPSA) is 9.23 Å². The minimum Gasteiger partial charge on any atom is -0.493 e. The van der Waals surface area contributed by atoms with Gasteiger partial charge in [-0.25, -0.2) is 0 Å². The molecule has 0 unspecified atom stereocenters. The summed E-state index contributed by atoms with van der Waals surface area (Å²) in [6, 6.07) is 8.25. The van der Waals surface area contributed by atoms with E-state index < -0.39 is 0 Å². The SMILES string of the molecule is C=C.CCC.c1ccc2c(c1)CCCO2. The van der Waals surface area contributed by atoms with Crippen LogP contribution in [-0.2, 0) is 6.42 Å². The van der Waals surface area contributed by atoms with E-state index in [1.54, 1.807) is 0 Å². The summed E-state index contributed by atoms with van der Waals surface area (Å²) in [5, 5.41) is 0. The highest BCUT2D eigenvalue weighted by atomic mass is 16.5. The second-order valence-corrected chi connectivity index (χ2v) is 3.27. The Morgan fingerprint density at radius 1 is 1.20 bits per heavy atom. The number of fused-ring (bicyclic) bond motifs is 1. The molecule has 1 heteroatoms. The first-order valence-electron chi connectivity index (χ1n) is 5.59. The van der Waals surface area contributed by atoms with Crippen molar-refractivity contribution in [3.05, 3.63) is 43.0 Å². The fourth-order valence-corrected chi connectivity index (χ4v) is 1.30. The summed E-state index contributed by atoms with van der Waals surface area (Å²) in [6.07, 6.45) is 3.59. The summed E-state index contributed by atoms with van der Waals surface area (Å²) < 4.78 is 5.42. The van der Waals surface area contributed by atoms with Crippen molar-refractivity contribution < 1.29 is 4.74 Å². The lowest BCUT2D eigenvalue weighted by molar-refractivity contribution is 0.288. The van der Waals surface area contributed by atoms with E-state index in [2.05, 4.69) is 39.1 Å². The fourth-order valence-electron chi connectivity index (χ4n) is 1.30. The zero-order valence-corrected chi connectivity index (χ0v) is 9.96. The number of benzene rings is 1. The maximum absolute atomic E-state index is 5.42. The number of aryl methyl sites for hydroxylation is 1. The number of rotatable bonds is 0. The van der Waals surface area contributed by atoms with Gasteiger partial charge in [0, 0.05) is 0 Å². The van der Waals surface area contributed by atoms with Crippen molar-refractivity contribution in [2.45, 2.75) is 33.1 Å². The second kappa shape index (κ2) is 9.32. The summed E-state index contributed by atoms with van der Waals surface area (Å²) in [4.78, 5) is 0. The Kier molecular flexibility index (Phi) is 8.55. The van der Waals surface area contributed by atoms with Gasteiger partial charge in [0.25, 0.3) is 0 Å². The van der Waals surface area contributed by atoms with Crippen LogP contribution < -0.4 is 4.74 Å². The Morgan fingerprint density at radius 2 is 1.80 bits per heavy atom. The first-order valence-corrected chi connectivity index (χ1v) is 5.59. The van der Waals surface area contributed by atoms with Crippen LogP contribution in [0.2, 0.25) is 0 Å². The number of hydrogen-bond donors (Lipinski definition) is 0. The lowest BCUT2D eigenvalue weighted by Gasteiger charge is -2.15. The maximum Gasteiger partial charge on any atom is 0.122 e. The van der Waals surface area contributed by atoms with Gasteiger partial charge in [-0.05, 0) is 24.5 Å². The lowest BCUT2D eigenvalue weighted by atomic mass is 10.1. The van der Waals surface area contributed by atoms with Crippen LogP contribution in [0, 0.1) is 0 Å². The molecular formula is C14H22O. The van der Waals surface area contributed by atoms with Crippen LogP contribution in [0.4, 0.5) is 0 Å². The Hall–Kier alpha value is -1.24. The van der Waals surface area contributed by atoms with Gasteiger partial charge in [0.2, 0.25) is 0 Å². The van der Waals surface area contributed by atoms with E-state index >= 15 is 0 Å². The van der Waals surface area contributed by atoms with Gasteiger partial charge in [-0.15, -0.1) is 13.2 Å². The highest BCUT2D eigenvalue weighted by molar-refractivity contribution is 5.34. The summed E-state index contributed by atoms with van der Waals surface area (Å²) in [7, 11) is 0. The molecule has 1 aromatic rings. The van der Waals surface area contributed by atoms with Crippen LogP contribution in [0.3, 0.4) is 0 Å². The maximum atomic E-state index is 5.42. The smallest absolute Gasteiger partial charge is 0.122 e. The quantitative estimate of drug-likeness (QED) is 0.577. The van der Waals surface area contributed by atoms with E-state index in [1.165, 1.54) is 18.4 Å². The molecule has 1 heterocycles. The monoisotopic (exact) mass is 206 g/mol. The normalized spacial score (nSPS) is 11.9. The minimum atomic E-state index is 0.886. The molecule has 0 aliphatic carbocycles. The molecule has 0 fully saturated rings. The van der Waals surface area contributed by atoms with Crippen molar-refractivity contribution in [1.29, 1.82) is 0 Å². The van der Waals surface area contributed by atoms with Crippen LogP contribution in [0.25, 0.3) is 0 Å². The third-order valence-corrected chi connectivity index (χ3v) is 1.82. The van der Waals surface area contributed by atoms with Crippen LogP contribution in [0.15, 0.2) is 37.4 Å². The summed E-state index contributed by atoms with van der Waals surface area (Å²) in [6.45, 7) is 11.1. The Morgan fingerprint density at radius 3 is 2.40 bits per heavy atom. The Labute approximate surface area is 93.8 Å². The van der Waals surface area contributed by atoms with Crippen molar-refractivity contribution >= 4 is 0 Å². The van der Waals surface area contributed by atoms with Crippen LogP contribution in [-0.4, -0.2) is 6.61 Å². The van der Waals surface area contributed by atoms with E-state index in [0.29, 0.717) is 0 Å². The molecule has 0 N–H and O–H groups in total. The van der Waals surface area contributed by atoms with Gasteiger partial charge in [0.15, 0.2) is 0 Å². The fraction of sp³-hybridized carbons (Fsp3) is 0.429. The van der Waals surface area contributed by atoms with E-state index in [4.69, 9.17) is 4.74 Å². The van der Waals surface area contributed by atoms with E-state index in [1.807, 2.05) is 12.1 Å². The molecule has 0 amide bonds. The number of ether oxygens (including phenoxy) is 1. The summed E-state index contributed by atoms with van der Waals surface area (Å²) in [5.74, 6) is 1.08. The molecule has 0 saturated heterocycles. The third-order valence-electron chi connectivity index (χ3n) is 1.82. The molecule has 1 nitrogen and oxygen atoms in total. The number of para-hydroxylation sites is 1. The molecular weight excluding hydrogens is 184 g/mol. The van der Waals surface area contributed by atoms with Crippen molar-refractivity contribution in [2.75, 3.05) is 6.61 Å². The van der Waals surface area contributed by atoms with E-state index in [-0.39, 0.29) is 0 Å². The van der Waals surface area contributed by atoms with Crippen molar-refractivity contribution in [3.63, 3.8) is 0 Å². The number of hydrogen-bond acceptors (Lipinski definition) is 1. The van der Waals surface area contributed by atoms with Gasteiger partial charge in [-0.1, -0.05) is 38.5 Å². The molecule has 1 aliphatic heterocycles. The minimum absolute atomic E-state index is 0.886. The molecule has 0 atom stereocenters. The van der Waals surface area contributed by atoms with Crippen molar-refractivity contribution in [1.82, 2.24) is 0 Å². The van der Waals surface area contributed by atoms with Crippen molar-refractivity contribution in [3.8, 4) is 5.75 Å². The van der Waals surface area contributed by atoms with Gasteiger partial charge in [-0.3, -0.25) is 0 Å². The second-order valence-electron chi connectivity index (χ2n) is 3.27. The average Bonchev–Trinajstić information content (AvgIpc) is 2.33. The standard InChI is InChI=1S/C9H10O.C3H8.C2H4/c1-2-6-9-8(4-1)5-3-7-10-9;1-3-2;1-2/h1-2,4,6H,3,5,7H2;3H2,1-2H3;1-2H2. The average molecular weight is 206 g/mol. The van der Waals surface area contributed by atoms with Gasteiger partial charge < -0.3 is 4.74 Å². The summed E-state index contributed by atoms with van der Waals surface area (Å²) >= 11 is 0. The van der Waals surface area contributed by atoms with Crippen molar-refractivity contribution in [2.24, 2.45) is 0 Å². The lowest BCUT2D eigenvalue weighted by Crippen LogP contribution is -2.07. The molecule has 0 aromatic heterocycles. The molecule has 0 saturated carbocycles. The molecule has 2 rings (SSSR count). The third kappa shape index (κ3) is 5.26. The van der Waals surface area contributed by atoms with Gasteiger partial charge in [0.05, 0.1) is 6.61 Å². The molecule has 15 heavy (non-hydrogen) atoms. The highest BCUT2D eigenvalue weighted by Gasteiger charge is 2.06. The predicted octanol–water partition coefficient (Wildman–Crippen LogP) is 4.23. The largest absolute Gasteiger partial charge is 0.493 e. The molecule has 0 spiro atoms. The zero-order chi connectivity index (χ0) is 11.5. The molecule has 0 radical (unpaired) electrons. The highest BCUT2D eigenvalue weighted by Crippen LogP contribution is 2.22. The van der Waals surface area contributed by atoms with Gasteiger partial charge in [0.1, 0.15) is 5.75 Å². The first kappa shape index (κ1) is 13.8.